The fraction of sp³-hybridized carbons (Fsp3) is 0.583. The maximum atomic E-state index is 9.85. The number of hydrogen-bond acceptors (Lipinski definition) is 2. The van der Waals surface area contributed by atoms with Crippen LogP contribution in [0.2, 0.25) is 0 Å². The molecule has 1 aromatic rings. The van der Waals surface area contributed by atoms with Crippen LogP contribution in [-0.4, -0.2) is 10.1 Å². The highest BCUT2D eigenvalue weighted by molar-refractivity contribution is 5.25. The lowest BCUT2D eigenvalue weighted by Gasteiger charge is -2.22. The summed E-state index contributed by atoms with van der Waals surface area (Å²) in [6.45, 7) is 9.92. The predicted octanol–water partition coefficient (Wildman–Crippen LogP) is 2.61. The van der Waals surface area contributed by atoms with Crippen LogP contribution in [0.5, 0.6) is 0 Å². The molecular formula is C12H19NO. The van der Waals surface area contributed by atoms with Crippen LogP contribution in [0.25, 0.3) is 0 Å². The standard InChI is InChI=1S/C12H19NO/c1-11(2,3)10-8-9(6-7-13-10)12(4,5)14/h6-8,14H,1-5H3. The van der Waals surface area contributed by atoms with Gasteiger partial charge in [0.2, 0.25) is 0 Å². The molecule has 0 saturated carbocycles. The van der Waals surface area contributed by atoms with E-state index < -0.39 is 5.60 Å². The molecule has 1 N–H and O–H groups in total. The summed E-state index contributed by atoms with van der Waals surface area (Å²) in [5.41, 5.74) is 1.17. The summed E-state index contributed by atoms with van der Waals surface area (Å²) in [6.07, 6.45) is 1.76. The topological polar surface area (TPSA) is 33.1 Å². The maximum absolute atomic E-state index is 9.85. The van der Waals surface area contributed by atoms with Crippen molar-refractivity contribution in [3.05, 3.63) is 29.6 Å². The van der Waals surface area contributed by atoms with Crippen molar-refractivity contribution in [2.75, 3.05) is 0 Å². The Hall–Kier alpha value is -0.890. The fourth-order valence-electron chi connectivity index (χ4n) is 1.22. The number of aromatic nitrogens is 1. The van der Waals surface area contributed by atoms with E-state index in [4.69, 9.17) is 0 Å². The van der Waals surface area contributed by atoms with Gasteiger partial charge in [-0.15, -0.1) is 0 Å². The third-order valence-electron chi connectivity index (χ3n) is 2.23. The Bertz CT molecular complexity index is 289. The highest BCUT2D eigenvalue weighted by Gasteiger charge is 2.20. The van der Waals surface area contributed by atoms with E-state index in [9.17, 15) is 5.11 Å². The summed E-state index contributed by atoms with van der Waals surface area (Å²) in [5.74, 6) is 0. The lowest BCUT2D eigenvalue weighted by molar-refractivity contribution is 0.0783. The molecule has 0 aliphatic heterocycles. The zero-order valence-corrected chi connectivity index (χ0v) is 9.63. The molecule has 0 atom stereocenters. The molecule has 0 fully saturated rings. The van der Waals surface area contributed by atoms with Crippen LogP contribution < -0.4 is 0 Å². The summed E-state index contributed by atoms with van der Waals surface area (Å²) in [4.78, 5) is 4.31. The van der Waals surface area contributed by atoms with Gasteiger partial charge in [-0.3, -0.25) is 4.98 Å². The van der Waals surface area contributed by atoms with Crippen molar-refractivity contribution in [1.82, 2.24) is 4.98 Å². The normalized spacial score (nSPS) is 13.0. The monoisotopic (exact) mass is 193 g/mol. The van der Waals surface area contributed by atoms with Crippen molar-refractivity contribution in [3.63, 3.8) is 0 Å². The van der Waals surface area contributed by atoms with Gasteiger partial charge in [0.25, 0.3) is 0 Å². The molecule has 0 radical (unpaired) electrons. The van der Waals surface area contributed by atoms with E-state index in [0.717, 1.165) is 11.3 Å². The van der Waals surface area contributed by atoms with Gasteiger partial charge in [0.05, 0.1) is 5.60 Å². The Morgan fingerprint density at radius 1 is 1.14 bits per heavy atom. The number of pyridine rings is 1. The molecule has 2 heteroatoms. The van der Waals surface area contributed by atoms with Crippen molar-refractivity contribution in [3.8, 4) is 0 Å². The summed E-state index contributed by atoms with van der Waals surface area (Å²) < 4.78 is 0. The summed E-state index contributed by atoms with van der Waals surface area (Å²) in [6, 6.07) is 3.83. The lowest BCUT2D eigenvalue weighted by Crippen LogP contribution is -2.19. The van der Waals surface area contributed by atoms with Gasteiger partial charge in [-0.05, 0) is 31.5 Å². The van der Waals surface area contributed by atoms with Crippen LogP contribution >= 0.6 is 0 Å². The van der Waals surface area contributed by atoms with E-state index in [2.05, 4.69) is 25.8 Å². The fourth-order valence-corrected chi connectivity index (χ4v) is 1.22. The minimum absolute atomic E-state index is 0.0290. The number of aliphatic hydroxyl groups is 1. The molecule has 78 valence electrons. The molecule has 0 aliphatic rings. The Morgan fingerprint density at radius 3 is 2.14 bits per heavy atom. The molecule has 1 aromatic heterocycles. The second kappa shape index (κ2) is 3.35. The lowest BCUT2D eigenvalue weighted by atomic mass is 9.88. The molecule has 2 nitrogen and oxygen atoms in total. The first-order valence-corrected chi connectivity index (χ1v) is 4.90. The molecule has 0 spiro atoms. The number of nitrogens with zero attached hydrogens (tertiary/aromatic N) is 1. The highest BCUT2D eigenvalue weighted by atomic mass is 16.3. The van der Waals surface area contributed by atoms with Gasteiger partial charge < -0.3 is 5.11 Å². The molecular weight excluding hydrogens is 174 g/mol. The first-order chi connectivity index (χ1) is 6.21. The van der Waals surface area contributed by atoms with E-state index >= 15 is 0 Å². The smallest absolute Gasteiger partial charge is 0.0841 e. The van der Waals surface area contributed by atoms with Crippen molar-refractivity contribution in [2.24, 2.45) is 0 Å². The predicted molar refractivity (Wildman–Crippen MR) is 58.2 cm³/mol. The Kier molecular flexibility index (Phi) is 2.68. The van der Waals surface area contributed by atoms with Gasteiger partial charge in [0, 0.05) is 17.3 Å². The van der Waals surface area contributed by atoms with Gasteiger partial charge in [-0.1, -0.05) is 20.8 Å². The Labute approximate surface area is 86.0 Å². The van der Waals surface area contributed by atoms with Crippen LogP contribution in [0.4, 0.5) is 0 Å². The minimum Gasteiger partial charge on any atom is -0.386 e. The van der Waals surface area contributed by atoms with Crippen LogP contribution in [-0.2, 0) is 11.0 Å². The third kappa shape index (κ3) is 2.55. The highest BCUT2D eigenvalue weighted by Crippen LogP contribution is 2.25. The zero-order chi connectivity index (χ0) is 11.0. The van der Waals surface area contributed by atoms with Crippen LogP contribution in [0.15, 0.2) is 18.3 Å². The van der Waals surface area contributed by atoms with Crippen LogP contribution in [0.3, 0.4) is 0 Å². The van der Waals surface area contributed by atoms with Gasteiger partial charge in [-0.2, -0.15) is 0 Å². The molecule has 1 heterocycles. The van der Waals surface area contributed by atoms with Crippen molar-refractivity contribution < 1.29 is 5.11 Å². The van der Waals surface area contributed by atoms with Gasteiger partial charge >= 0.3 is 0 Å². The molecule has 0 unspecified atom stereocenters. The molecule has 0 aliphatic carbocycles. The number of rotatable bonds is 1. The molecule has 14 heavy (non-hydrogen) atoms. The average Bonchev–Trinajstić information content (AvgIpc) is 2.01. The van der Waals surface area contributed by atoms with Crippen molar-refractivity contribution in [1.29, 1.82) is 0 Å². The zero-order valence-electron chi connectivity index (χ0n) is 9.63. The molecule has 0 amide bonds. The van der Waals surface area contributed by atoms with Gasteiger partial charge in [0.1, 0.15) is 0 Å². The van der Waals surface area contributed by atoms with E-state index in [0.29, 0.717) is 0 Å². The molecule has 1 rings (SSSR count). The second-order valence-corrected chi connectivity index (χ2v) is 5.24. The molecule has 0 bridgehead atoms. The van der Waals surface area contributed by atoms with Gasteiger partial charge in [0.15, 0.2) is 0 Å². The molecule has 0 aromatic carbocycles. The number of hydrogen-bond donors (Lipinski definition) is 1. The van der Waals surface area contributed by atoms with Gasteiger partial charge in [-0.25, -0.2) is 0 Å². The van der Waals surface area contributed by atoms with E-state index in [-0.39, 0.29) is 5.41 Å². The maximum Gasteiger partial charge on any atom is 0.0841 e. The third-order valence-corrected chi connectivity index (χ3v) is 2.23. The summed E-state index contributed by atoms with van der Waals surface area (Å²) in [5, 5.41) is 9.85. The SMILES string of the molecule is CC(C)(C)c1cc(C(C)(C)O)ccn1. The van der Waals surface area contributed by atoms with Crippen LogP contribution in [0.1, 0.15) is 45.9 Å². The van der Waals surface area contributed by atoms with E-state index in [1.807, 2.05) is 12.1 Å². The average molecular weight is 193 g/mol. The first kappa shape index (κ1) is 11.2. The van der Waals surface area contributed by atoms with Crippen LogP contribution in [0, 0.1) is 0 Å². The Morgan fingerprint density at radius 2 is 1.71 bits per heavy atom. The Balaban J connectivity index is 3.15. The van der Waals surface area contributed by atoms with Crippen molar-refractivity contribution in [2.45, 2.75) is 45.6 Å². The second-order valence-electron chi connectivity index (χ2n) is 5.24. The van der Waals surface area contributed by atoms with Crippen molar-refractivity contribution >= 4 is 0 Å². The van der Waals surface area contributed by atoms with E-state index in [1.54, 1.807) is 20.0 Å². The minimum atomic E-state index is -0.789. The largest absolute Gasteiger partial charge is 0.386 e. The quantitative estimate of drug-likeness (QED) is 0.743. The summed E-state index contributed by atoms with van der Waals surface area (Å²) >= 11 is 0. The molecule has 0 saturated heterocycles. The van der Waals surface area contributed by atoms with E-state index in [1.165, 1.54) is 0 Å². The first-order valence-electron chi connectivity index (χ1n) is 4.90. The summed E-state index contributed by atoms with van der Waals surface area (Å²) in [7, 11) is 0.